The van der Waals surface area contributed by atoms with Crippen LogP contribution >= 0.6 is 0 Å². The molecular formula is C17H23N5O. The second kappa shape index (κ2) is 6.12. The van der Waals surface area contributed by atoms with Crippen molar-refractivity contribution >= 4 is 5.91 Å². The number of benzene rings is 1. The van der Waals surface area contributed by atoms with Crippen LogP contribution < -0.4 is 10.6 Å². The van der Waals surface area contributed by atoms with E-state index in [2.05, 4.69) is 20.9 Å². The Kier molecular flexibility index (Phi) is 4.17. The van der Waals surface area contributed by atoms with Crippen LogP contribution in [0.3, 0.4) is 0 Å². The van der Waals surface area contributed by atoms with Crippen LogP contribution in [0.2, 0.25) is 0 Å². The second-order valence-corrected chi connectivity index (χ2v) is 6.71. The van der Waals surface area contributed by atoms with Gasteiger partial charge in [-0.25, -0.2) is 4.68 Å². The van der Waals surface area contributed by atoms with Crippen molar-refractivity contribution in [1.29, 1.82) is 0 Å². The molecule has 1 aliphatic heterocycles. The number of rotatable bonds is 5. The molecule has 6 heteroatoms. The molecule has 122 valence electrons. The second-order valence-electron chi connectivity index (χ2n) is 6.71. The van der Waals surface area contributed by atoms with Crippen molar-refractivity contribution in [1.82, 2.24) is 25.6 Å². The third-order valence-corrected chi connectivity index (χ3v) is 4.52. The molecule has 6 nitrogen and oxygen atoms in total. The normalized spacial score (nSPS) is 16.7. The van der Waals surface area contributed by atoms with Gasteiger partial charge in [-0.05, 0) is 45.0 Å². The Hall–Kier alpha value is -2.21. The molecule has 2 aromatic rings. The van der Waals surface area contributed by atoms with Gasteiger partial charge in [0, 0.05) is 5.92 Å². The van der Waals surface area contributed by atoms with Gasteiger partial charge >= 0.3 is 0 Å². The quantitative estimate of drug-likeness (QED) is 0.877. The van der Waals surface area contributed by atoms with Gasteiger partial charge in [0.1, 0.15) is 5.69 Å². The lowest BCUT2D eigenvalue weighted by Gasteiger charge is -2.34. The van der Waals surface area contributed by atoms with Crippen LogP contribution in [0.5, 0.6) is 0 Å². The summed E-state index contributed by atoms with van der Waals surface area (Å²) in [7, 11) is 0. The minimum Gasteiger partial charge on any atom is -0.345 e. The zero-order valence-corrected chi connectivity index (χ0v) is 13.8. The Morgan fingerprint density at radius 3 is 2.65 bits per heavy atom. The summed E-state index contributed by atoms with van der Waals surface area (Å²) >= 11 is 0. The third-order valence-electron chi connectivity index (χ3n) is 4.52. The first-order chi connectivity index (χ1) is 11.0. The van der Waals surface area contributed by atoms with Crippen LogP contribution in [-0.2, 0) is 10.3 Å². The van der Waals surface area contributed by atoms with Crippen molar-refractivity contribution < 1.29 is 4.79 Å². The van der Waals surface area contributed by atoms with E-state index in [-0.39, 0.29) is 11.8 Å². The van der Waals surface area contributed by atoms with Crippen molar-refractivity contribution in [2.24, 2.45) is 11.8 Å². The van der Waals surface area contributed by atoms with E-state index in [4.69, 9.17) is 0 Å². The Morgan fingerprint density at radius 1 is 1.35 bits per heavy atom. The highest BCUT2D eigenvalue weighted by atomic mass is 16.2. The minimum atomic E-state index is -0.560. The molecule has 1 fully saturated rings. The van der Waals surface area contributed by atoms with Crippen molar-refractivity contribution in [3.05, 3.63) is 42.2 Å². The predicted octanol–water partition coefficient (Wildman–Crippen LogP) is 1.47. The Bertz CT molecular complexity index is 675. The van der Waals surface area contributed by atoms with E-state index in [1.54, 1.807) is 4.68 Å². The van der Waals surface area contributed by atoms with Crippen LogP contribution in [0.4, 0.5) is 0 Å². The van der Waals surface area contributed by atoms with Crippen LogP contribution in [0.25, 0.3) is 5.69 Å². The van der Waals surface area contributed by atoms with E-state index in [9.17, 15) is 4.79 Å². The number of amides is 1. The van der Waals surface area contributed by atoms with Crippen molar-refractivity contribution in [2.45, 2.75) is 26.3 Å². The molecule has 1 aliphatic rings. The summed E-state index contributed by atoms with van der Waals surface area (Å²) in [5.74, 6) is 0.487. The zero-order chi connectivity index (χ0) is 16.4. The highest BCUT2D eigenvalue weighted by Gasteiger charge is 2.33. The summed E-state index contributed by atoms with van der Waals surface area (Å²) in [6, 6.07) is 9.81. The molecule has 1 aromatic heterocycles. The highest BCUT2D eigenvalue weighted by molar-refractivity contribution is 5.79. The number of nitrogens with zero attached hydrogens (tertiary/aromatic N) is 3. The predicted molar refractivity (Wildman–Crippen MR) is 88.1 cm³/mol. The third kappa shape index (κ3) is 3.27. The van der Waals surface area contributed by atoms with Gasteiger partial charge in [0.15, 0.2) is 0 Å². The standard InChI is InChI=1S/C17H23N5O/c1-12(13-9-18-10-13)16(23)19-17(2,3)15-11-22(21-20-15)14-7-5-4-6-8-14/h4-8,11-13,18H,9-10H2,1-3H3,(H,19,23). The SMILES string of the molecule is CC(C(=O)NC(C)(C)c1cn(-c2ccccc2)nn1)C1CNC1. The number of aromatic nitrogens is 3. The fourth-order valence-electron chi connectivity index (χ4n) is 2.62. The van der Waals surface area contributed by atoms with Crippen molar-refractivity contribution in [3.8, 4) is 5.69 Å². The van der Waals surface area contributed by atoms with Gasteiger partial charge in [0.25, 0.3) is 0 Å². The number of nitrogens with one attached hydrogen (secondary N) is 2. The number of hydrogen-bond donors (Lipinski definition) is 2. The molecule has 1 unspecified atom stereocenters. The number of hydrogen-bond acceptors (Lipinski definition) is 4. The topological polar surface area (TPSA) is 71.8 Å². The summed E-state index contributed by atoms with van der Waals surface area (Å²) in [5.41, 5.74) is 1.13. The molecule has 1 saturated heterocycles. The van der Waals surface area contributed by atoms with Crippen molar-refractivity contribution in [3.63, 3.8) is 0 Å². The fraction of sp³-hybridized carbons (Fsp3) is 0.471. The molecular weight excluding hydrogens is 290 g/mol. The smallest absolute Gasteiger partial charge is 0.223 e. The number of carbonyl (C=O) groups is 1. The first-order valence-electron chi connectivity index (χ1n) is 7.98. The first-order valence-corrected chi connectivity index (χ1v) is 7.98. The lowest BCUT2D eigenvalue weighted by atomic mass is 9.87. The largest absolute Gasteiger partial charge is 0.345 e. The molecule has 0 saturated carbocycles. The fourth-order valence-corrected chi connectivity index (χ4v) is 2.62. The number of carbonyl (C=O) groups excluding carboxylic acids is 1. The monoisotopic (exact) mass is 313 g/mol. The van der Waals surface area contributed by atoms with E-state index in [1.807, 2.05) is 57.3 Å². The maximum atomic E-state index is 12.4. The highest BCUT2D eigenvalue weighted by Crippen LogP contribution is 2.22. The molecule has 2 N–H and O–H groups in total. The molecule has 1 amide bonds. The summed E-state index contributed by atoms with van der Waals surface area (Å²) in [4.78, 5) is 12.4. The van der Waals surface area contributed by atoms with Gasteiger partial charge in [0.05, 0.1) is 17.4 Å². The number of para-hydroxylation sites is 1. The van der Waals surface area contributed by atoms with E-state index in [0.29, 0.717) is 5.92 Å². The van der Waals surface area contributed by atoms with Crippen LogP contribution in [0.1, 0.15) is 26.5 Å². The lowest BCUT2D eigenvalue weighted by Crippen LogP contribution is -2.52. The maximum absolute atomic E-state index is 12.4. The van der Waals surface area contributed by atoms with E-state index < -0.39 is 5.54 Å². The molecule has 3 rings (SSSR count). The van der Waals surface area contributed by atoms with Crippen LogP contribution in [0.15, 0.2) is 36.5 Å². The van der Waals surface area contributed by atoms with Gasteiger partial charge in [-0.15, -0.1) is 5.10 Å². The summed E-state index contributed by atoms with van der Waals surface area (Å²) < 4.78 is 1.72. The molecule has 0 bridgehead atoms. The van der Waals surface area contributed by atoms with Gasteiger partial charge in [0.2, 0.25) is 5.91 Å². The summed E-state index contributed by atoms with van der Waals surface area (Å²) in [6.07, 6.45) is 1.87. The van der Waals surface area contributed by atoms with E-state index in [0.717, 1.165) is 24.5 Å². The summed E-state index contributed by atoms with van der Waals surface area (Å²) in [6.45, 7) is 7.72. The van der Waals surface area contributed by atoms with Crippen LogP contribution in [-0.4, -0.2) is 34.0 Å². The average molecular weight is 313 g/mol. The van der Waals surface area contributed by atoms with E-state index in [1.165, 1.54) is 0 Å². The molecule has 23 heavy (non-hydrogen) atoms. The molecule has 0 radical (unpaired) electrons. The molecule has 1 aromatic carbocycles. The Balaban J connectivity index is 1.72. The minimum absolute atomic E-state index is 0.000284. The van der Waals surface area contributed by atoms with Crippen molar-refractivity contribution in [2.75, 3.05) is 13.1 Å². The molecule has 1 atom stereocenters. The first kappa shape index (κ1) is 15.7. The van der Waals surface area contributed by atoms with E-state index >= 15 is 0 Å². The van der Waals surface area contributed by atoms with Gasteiger partial charge < -0.3 is 10.6 Å². The van der Waals surface area contributed by atoms with Gasteiger partial charge in [-0.2, -0.15) is 0 Å². The Labute approximate surface area is 136 Å². The maximum Gasteiger partial charge on any atom is 0.223 e. The molecule has 2 heterocycles. The lowest BCUT2D eigenvalue weighted by molar-refractivity contribution is -0.128. The van der Waals surface area contributed by atoms with Gasteiger partial charge in [-0.3, -0.25) is 4.79 Å². The average Bonchev–Trinajstić information content (AvgIpc) is 2.96. The van der Waals surface area contributed by atoms with Gasteiger partial charge in [-0.1, -0.05) is 30.3 Å². The molecule has 0 aliphatic carbocycles. The summed E-state index contributed by atoms with van der Waals surface area (Å²) in [5, 5.41) is 14.7. The zero-order valence-electron chi connectivity index (χ0n) is 13.8. The Morgan fingerprint density at radius 2 is 2.04 bits per heavy atom. The van der Waals surface area contributed by atoms with Crippen LogP contribution in [0, 0.1) is 11.8 Å². The molecule has 0 spiro atoms.